The lowest BCUT2D eigenvalue weighted by Gasteiger charge is -2.26. The quantitative estimate of drug-likeness (QED) is 0.757. The maximum absolute atomic E-state index is 12.5. The van der Waals surface area contributed by atoms with Gasteiger partial charge in [0.25, 0.3) is 0 Å². The minimum absolute atomic E-state index is 0.0619. The van der Waals surface area contributed by atoms with E-state index >= 15 is 0 Å². The molecule has 0 aliphatic carbocycles. The second kappa shape index (κ2) is 9.31. The van der Waals surface area contributed by atoms with Crippen LogP contribution in [0.1, 0.15) is 33.3 Å². The molecule has 0 saturated heterocycles. The lowest BCUT2D eigenvalue weighted by Crippen LogP contribution is -2.51. The summed E-state index contributed by atoms with van der Waals surface area (Å²) in [6.07, 6.45) is -2.24. The van der Waals surface area contributed by atoms with E-state index in [0.717, 1.165) is 0 Å². The van der Waals surface area contributed by atoms with Crippen LogP contribution in [0.4, 0.5) is 13.6 Å². The molecule has 25 heavy (non-hydrogen) atoms. The van der Waals surface area contributed by atoms with Crippen molar-refractivity contribution in [3.63, 3.8) is 0 Å². The number of hydrogen-bond donors (Lipinski definition) is 1. The van der Waals surface area contributed by atoms with Crippen LogP contribution in [0.5, 0.6) is 0 Å². The van der Waals surface area contributed by atoms with Gasteiger partial charge in [0.15, 0.2) is 6.04 Å². The molecule has 0 heterocycles. The Morgan fingerprint density at radius 1 is 1.16 bits per heavy atom. The molecule has 0 aliphatic heterocycles. The minimum atomic E-state index is -3.10. The number of hydrogen-bond acceptors (Lipinski definition) is 5. The highest BCUT2D eigenvalue weighted by Gasteiger charge is 2.32. The zero-order chi connectivity index (χ0) is 19.0. The Balaban J connectivity index is 2.74. The van der Waals surface area contributed by atoms with Crippen molar-refractivity contribution in [1.82, 2.24) is 5.32 Å². The molecule has 6 nitrogen and oxygen atoms in total. The molecule has 0 aliphatic rings. The number of alkyl halides is 2. The second-order valence-corrected chi connectivity index (χ2v) is 6.32. The van der Waals surface area contributed by atoms with Gasteiger partial charge in [0, 0.05) is 0 Å². The van der Waals surface area contributed by atoms with E-state index in [0.29, 0.717) is 5.56 Å². The number of ether oxygens (including phenoxy) is 3. The number of alkyl carbamates (subject to hydrolysis) is 1. The summed E-state index contributed by atoms with van der Waals surface area (Å²) in [6, 6.07) is 7.37. The van der Waals surface area contributed by atoms with Crippen molar-refractivity contribution in [1.29, 1.82) is 0 Å². The highest BCUT2D eigenvalue weighted by atomic mass is 19.3. The largest absolute Gasteiger partial charge is 0.459 e. The van der Waals surface area contributed by atoms with E-state index in [1.54, 1.807) is 51.1 Å². The predicted molar refractivity (Wildman–Crippen MR) is 85.9 cm³/mol. The minimum Gasteiger partial charge on any atom is -0.459 e. The average molecular weight is 359 g/mol. The first kappa shape index (κ1) is 20.8. The predicted octanol–water partition coefficient (Wildman–Crippen LogP) is 3.25. The lowest BCUT2D eigenvalue weighted by atomic mass is 10.2. The molecule has 8 heteroatoms. The Hall–Kier alpha value is -2.22. The van der Waals surface area contributed by atoms with Crippen molar-refractivity contribution in [3.05, 3.63) is 35.9 Å². The highest BCUT2D eigenvalue weighted by molar-refractivity contribution is 5.82. The van der Waals surface area contributed by atoms with Gasteiger partial charge in [0.1, 0.15) is 12.2 Å². The second-order valence-electron chi connectivity index (χ2n) is 6.32. The molecule has 1 N–H and O–H groups in total. The van der Waals surface area contributed by atoms with Crippen LogP contribution in [0.2, 0.25) is 0 Å². The van der Waals surface area contributed by atoms with Crippen LogP contribution in [0.25, 0.3) is 0 Å². The number of esters is 1. The van der Waals surface area contributed by atoms with Crippen molar-refractivity contribution in [2.45, 2.75) is 58.7 Å². The van der Waals surface area contributed by atoms with Crippen LogP contribution in [0, 0.1) is 0 Å². The number of nitrogens with one attached hydrogen (secondary N) is 1. The first-order valence-corrected chi connectivity index (χ1v) is 7.72. The number of amides is 1. The smallest absolute Gasteiger partial charge is 0.408 e. The molecule has 0 bridgehead atoms. The van der Waals surface area contributed by atoms with Crippen molar-refractivity contribution in [2.24, 2.45) is 0 Å². The van der Waals surface area contributed by atoms with Gasteiger partial charge in [-0.15, -0.1) is 0 Å². The van der Waals surface area contributed by atoms with Gasteiger partial charge in [-0.25, -0.2) is 9.59 Å². The van der Waals surface area contributed by atoms with Crippen LogP contribution in [0.3, 0.4) is 0 Å². The molecule has 0 aromatic heterocycles. The van der Waals surface area contributed by atoms with E-state index in [9.17, 15) is 18.4 Å². The molecule has 0 unspecified atom stereocenters. The van der Waals surface area contributed by atoms with E-state index in [4.69, 9.17) is 9.47 Å². The number of halogens is 2. The monoisotopic (exact) mass is 359 g/mol. The summed E-state index contributed by atoms with van der Waals surface area (Å²) in [6.45, 7) is 2.97. The molecule has 0 fully saturated rings. The van der Waals surface area contributed by atoms with E-state index in [1.165, 1.54) is 6.92 Å². The van der Waals surface area contributed by atoms with E-state index < -0.39 is 36.4 Å². The number of carbonyl (C=O) groups is 2. The molecule has 0 radical (unpaired) electrons. The van der Waals surface area contributed by atoms with Crippen LogP contribution in [0.15, 0.2) is 30.3 Å². The normalized spacial score (nSPS) is 13.9. The summed E-state index contributed by atoms with van der Waals surface area (Å²) in [5, 5.41) is 2.22. The molecule has 2 atom stereocenters. The van der Waals surface area contributed by atoms with Crippen molar-refractivity contribution in [3.8, 4) is 0 Å². The zero-order valence-corrected chi connectivity index (χ0v) is 14.6. The fourth-order valence-corrected chi connectivity index (χ4v) is 1.86. The van der Waals surface area contributed by atoms with Gasteiger partial charge in [0.05, 0.1) is 6.10 Å². The summed E-state index contributed by atoms with van der Waals surface area (Å²) in [5.41, 5.74) is -0.0932. The third-order valence-corrected chi connectivity index (χ3v) is 2.94. The SMILES string of the molecule is C[C@@H](OC(F)F)[C@H](NC(=O)OC(C)(C)C)C(=O)OCc1ccccc1. The fraction of sp³-hybridized carbons (Fsp3) is 0.529. The van der Waals surface area contributed by atoms with Crippen LogP contribution in [-0.4, -0.2) is 36.4 Å². The molecule has 1 amide bonds. The molecule has 0 saturated carbocycles. The first-order valence-electron chi connectivity index (χ1n) is 7.72. The Labute approximate surface area is 145 Å². The van der Waals surface area contributed by atoms with Gasteiger partial charge in [0.2, 0.25) is 0 Å². The number of benzene rings is 1. The van der Waals surface area contributed by atoms with Gasteiger partial charge >= 0.3 is 18.7 Å². The van der Waals surface area contributed by atoms with Gasteiger partial charge in [-0.2, -0.15) is 8.78 Å². The molecule has 1 aromatic carbocycles. The summed E-state index contributed by atoms with van der Waals surface area (Å²) >= 11 is 0. The Morgan fingerprint density at radius 3 is 2.28 bits per heavy atom. The van der Waals surface area contributed by atoms with Crippen LogP contribution in [-0.2, 0) is 25.6 Å². The summed E-state index contributed by atoms with van der Waals surface area (Å²) in [7, 11) is 0. The maximum atomic E-state index is 12.5. The van der Waals surface area contributed by atoms with Crippen molar-refractivity contribution >= 4 is 12.1 Å². The maximum Gasteiger partial charge on any atom is 0.408 e. The summed E-state index contributed by atoms with van der Waals surface area (Å²) < 4.78 is 39.3. The standard InChI is InChI=1S/C17H23F2NO5/c1-11(24-15(18)19)13(20-16(22)25-17(2,3)4)14(21)23-10-12-8-6-5-7-9-12/h5-9,11,13,15H,10H2,1-4H3,(H,20,22)/t11-,13+/m1/s1. The van der Waals surface area contributed by atoms with Crippen molar-refractivity contribution < 1.29 is 32.6 Å². The summed E-state index contributed by atoms with van der Waals surface area (Å²) in [5.74, 6) is -0.900. The zero-order valence-electron chi connectivity index (χ0n) is 14.6. The lowest BCUT2D eigenvalue weighted by molar-refractivity contribution is -0.177. The molecule has 140 valence electrons. The molecular formula is C17H23F2NO5. The Kier molecular flexibility index (Phi) is 7.76. The Bertz CT molecular complexity index is 560. The number of rotatable bonds is 7. The molecule has 1 rings (SSSR count). The molecule has 0 spiro atoms. The third kappa shape index (κ3) is 8.44. The average Bonchev–Trinajstić information content (AvgIpc) is 2.48. The van der Waals surface area contributed by atoms with Crippen LogP contribution >= 0.6 is 0 Å². The van der Waals surface area contributed by atoms with Gasteiger partial charge in [-0.1, -0.05) is 30.3 Å². The van der Waals surface area contributed by atoms with E-state index in [-0.39, 0.29) is 6.61 Å². The summed E-state index contributed by atoms with van der Waals surface area (Å²) in [4.78, 5) is 24.1. The van der Waals surface area contributed by atoms with E-state index in [1.807, 2.05) is 0 Å². The third-order valence-electron chi connectivity index (χ3n) is 2.94. The Morgan fingerprint density at radius 2 is 1.76 bits per heavy atom. The number of carbonyl (C=O) groups excluding carboxylic acids is 2. The molecule has 1 aromatic rings. The molecular weight excluding hydrogens is 336 g/mol. The van der Waals surface area contributed by atoms with Crippen LogP contribution < -0.4 is 5.32 Å². The van der Waals surface area contributed by atoms with E-state index in [2.05, 4.69) is 10.1 Å². The van der Waals surface area contributed by atoms with Crippen molar-refractivity contribution in [2.75, 3.05) is 0 Å². The fourth-order valence-electron chi connectivity index (χ4n) is 1.86. The first-order chi connectivity index (χ1) is 11.6. The van der Waals surface area contributed by atoms with Gasteiger partial charge in [-0.05, 0) is 33.3 Å². The topological polar surface area (TPSA) is 73.9 Å². The highest BCUT2D eigenvalue weighted by Crippen LogP contribution is 2.12. The van der Waals surface area contributed by atoms with Gasteiger partial charge < -0.3 is 19.5 Å². The van der Waals surface area contributed by atoms with Gasteiger partial charge in [-0.3, -0.25) is 0 Å².